The van der Waals surface area contributed by atoms with Crippen molar-refractivity contribution >= 4 is 14.6 Å². The first kappa shape index (κ1) is 21.2. The van der Waals surface area contributed by atoms with Crippen molar-refractivity contribution in [3.8, 4) is 0 Å². The second kappa shape index (κ2) is 7.84. The van der Waals surface area contributed by atoms with Crippen molar-refractivity contribution in [2.75, 3.05) is 0 Å². The highest BCUT2D eigenvalue weighted by molar-refractivity contribution is 6.73. The fourth-order valence-electron chi connectivity index (χ4n) is 6.07. The summed E-state index contributed by atoms with van der Waals surface area (Å²) in [5.41, 5.74) is 0.142. The molecule has 2 nitrogen and oxygen atoms in total. The van der Waals surface area contributed by atoms with Gasteiger partial charge in [-0.15, -0.1) is 0 Å². The minimum absolute atomic E-state index is 0.217. The van der Waals surface area contributed by atoms with E-state index in [2.05, 4.69) is 48.5 Å². The normalized spacial score (nSPS) is 34.6. The lowest BCUT2D eigenvalue weighted by Gasteiger charge is -2.50. The topological polar surface area (TPSA) is 26.3 Å². The second-order valence-electron chi connectivity index (χ2n) is 9.82. The Morgan fingerprint density at radius 1 is 1.16 bits per heavy atom. The summed E-state index contributed by atoms with van der Waals surface area (Å²) in [4.78, 5) is 11.6. The number of hydrogen-bond acceptors (Lipinski definition) is 2. The molecule has 2 fully saturated rings. The third-order valence-electron chi connectivity index (χ3n) is 8.55. The van der Waals surface area contributed by atoms with Gasteiger partial charge in [-0.3, -0.25) is 0 Å². The van der Waals surface area contributed by atoms with Gasteiger partial charge in [0.1, 0.15) is 6.29 Å². The molecule has 5 atom stereocenters. The zero-order chi connectivity index (χ0) is 18.9. The van der Waals surface area contributed by atoms with E-state index in [-0.39, 0.29) is 5.41 Å². The molecule has 2 saturated carbocycles. The lowest BCUT2D eigenvalue weighted by atomic mass is 9.58. The van der Waals surface area contributed by atoms with Gasteiger partial charge in [-0.05, 0) is 67.0 Å². The van der Waals surface area contributed by atoms with Crippen molar-refractivity contribution in [3.63, 3.8) is 0 Å². The van der Waals surface area contributed by atoms with Gasteiger partial charge in [0, 0.05) is 11.5 Å². The average molecular weight is 367 g/mol. The Balaban J connectivity index is 2.22. The lowest BCUT2D eigenvalue weighted by Crippen LogP contribution is -2.49. The summed E-state index contributed by atoms with van der Waals surface area (Å²) < 4.78 is 7.02. The van der Waals surface area contributed by atoms with Crippen molar-refractivity contribution in [1.82, 2.24) is 0 Å². The molecular formula is C22H42O2Si. The van der Waals surface area contributed by atoms with Crippen LogP contribution in [-0.4, -0.2) is 20.7 Å². The number of aldehydes is 1. The second-order valence-corrected chi connectivity index (χ2v) is 14.5. The quantitative estimate of drug-likeness (QED) is 0.364. The van der Waals surface area contributed by atoms with E-state index in [1.54, 1.807) is 0 Å². The summed E-state index contributed by atoms with van der Waals surface area (Å²) in [5, 5.41) is 0. The molecule has 0 amide bonds. The van der Waals surface area contributed by atoms with Crippen LogP contribution in [0.1, 0.15) is 80.6 Å². The largest absolute Gasteiger partial charge is 0.414 e. The molecule has 0 aromatic heterocycles. The van der Waals surface area contributed by atoms with Crippen LogP contribution < -0.4 is 0 Å². The maximum absolute atomic E-state index is 11.6. The van der Waals surface area contributed by atoms with E-state index in [1.165, 1.54) is 56.5 Å². The van der Waals surface area contributed by atoms with Crippen LogP contribution in [0.4, 0.5) is 0 Å². The number of carbonyl (C=O) groups excluding carboxylic acids is 1. The van der Waals surface area contributed by atoms with Gasteiger partial charge < -0.3 is 9.22 Å². The molecule has 0 saturated heterocycles. The average Bonchev–Trinajstić information content (AvgIpc) is 2.96. The minimum Gasteiger partial charge on any atom is -0.414 e. The molecule has 3 heteroatoms. The van der Waals surface area contributed by atoms with Gasteiger partial charge in [-0.25, -0.2) is 0 Å². The molecule has 146 valence electrons. The maximum Gasteiger partial charge on any atom is 0.192 e. The van der Waals surface area contributed by atoms with Crippen LogP contribution in [0.15, 0.2) is 0 Å². The van der Waals surface area contributed by atoms with E-state index in [0.29, 0.717) is 29.3 Å². The Bertz CT molecular complexity index is 449. The van der Waals surface area contributed by atoms with Crippen molar-refractivity contribution in [1.29, 1.82) is 0 Å². The first-order valence-electron chi connectivity index (χ1n) is 10.8. The van der Waals surface area contributed by atoms with Gasteiger partial charge in [-0.2, -0.15) is 0 Å². The fourth-order valence-corrected chi connectivity index (χ4v) is 8.99. The Morgan fingerprint density at radius 2 is 1.76 bits per heavy atom. The minimum atomic E-state index is -1.55. The number of carbonyl (C=O) groups is 1. The van der Waals surface area contributed by atoms with Crippen molar-refractivity contribution in [2.24, 2.45) is 28.6 Å². The monoisotopic (exact) mass is 366 g/mol. The predicted molar refractivity (Wildman–Crippen MR) is 109 cm³/mol. The van der Waals surface area contributed by atoms with Gasteiger partial charge in [0.2, 0.25) is 0 Å². The van der Waals surface area contributed by atoms with Crippen molar-refractivity contribution in [2.45, 2.75) is 105 Å². The van der Waals surface area contributed by atoms with E-state index >= 15 is 0 Å². The highest BCUT2D eigenvalue weighted by Crippen LogP contribution is 2.60. The van der Waals surface area contributed by atoms with E-state index in [1.807, 2.05) is 0 Å². The SMILES string of the molecule is CC[Si](CC)(CC)O[C@H]1CCC[C@@]2(C)C1CCC2[C@@H](C)C(C)(C)C=O. The molecule has 2 aliphatic rings. The number of fused-ring (bicyclic) bond motifs is 1. The van der Waals surface area contributed by atoms with Crippen LogP contribution in [-0.2, 0) is 9.22 Å². The first-order chi connectivity index (χ1) is 11.7. The molecule has 2 unspecified atom stereocenters. The highest BCUT2D eigenvalue weighted by Gasteiger charge is 2.55. The van der Waals surface area contributed by atoms with Gasteiger partial charge in [0.05, 0.1) is 0 Å². The Hall–Kier alpha value is -0.153. The molecule has 0 N–H and O–H groups in total. The van der Waals surface area contributed by atoms with E-state index in [9.17, 15) is 4.79 Å². The zero-order valence-electron chi connectivity index (χ0n) is 17.9. The van der Waals surface area contributed by atoms with Crippen LogP contribution in [0.25, 0.3) is 0 Å². The standard InChI is InChI=1S/C22H42O2Si/c1-8-25(9-2,10-3)24-20-12-11-15-22(7)18(13-14-19(20)22)17(4)21(5,6)16-23/h16-20H,8-15H2,1-7H3/t17-,18?,19?,20+,22-/m1/s1. The number of rotatable bonds is 8. The van der Waals surface area contributed by atoms with Crippen molar-refractivity contribution in [3.05, 3.63) is 0 Å². The van der Waals surface area contributed by atoms with E-state index < -0.39 is 8.32 Å². The zero-order valence-corrected chi connectivity index (χ0v) is 18.9. The maximum atomic E-state index is 11.6. The predicted octanol–water partition coefficient (Wildman–Crippen LogP) is 6.45. The molecule has 0 aromatic rings. The smallest absolute Gasteiger partial charge is 0.192 e. The third-order valence-corrected chi connectivity index (χ3v) is 13.2. The molecule has 0 aromatic carbocycles. The van der Waals surface area contributed by atoms with Gasteiger partial charge in [0.15, 0.2) is 8.32 Å². The molecule has 25 heavy (non-hydrogen) atoms. The summed E-state index contributed by atoms with van der Waals surface area (Å²) in [7, 11) is -1.55. The molecule has 0 aliphatic heterocycles. The van der Waals surface area contributed by atoms with Crippen LogP contribution in [0, 0.1) is 28.6 Å². The molecule has 0 radical (unpaired) electrons. The van der Waals surface area contributed by atoms with Gasteiger partial charge in [0.25, 0.3) is 0 Å². The molecule has 0 bridgehead atoms. The summed E-state index contributed by atoms with van der Waals surface area (Å²) in [5.74, 6) is 1.81. The molecular weight excluding hydrogens is 324 g/mol. The van der Waals surface area contributed by atoms with E-state index in [4.69, 9.17) is 4.43 Å². The Kier molecular flexibility index (Phi) is 6.63. The fraction of sp³-hybridized carbons (Fsp3) is 0.955. The highest BCUT2D eigenvalue weighted by atomic mass is 28.4. The van der Waals surface area contributed by atoms with Crippen LogP contribution in [0.5, 0.6) is 0 Å². The summed E-state index contributed by atoms with van der Waals surface area (Å²) in [6, 6.07) is 3.74. The molecule has 2 aliphatic carbocycles. The van der Waals surface area contributed by atoms with Crippen molar-refractivity contribution < 1.29 is 9.22 Å². The Labute approximate surface area is 157 Å². The van der Waals surface area contributed by atoms with Crippen LogP contribution in [0.2, 0.25) is 18.1 Å². The summed E-state index contributed by atoms with van der Waals surface area (Å²) in [6.45, 7) is 16.1. The Morgan fingerprint density at radius 3 is 2.28 bits per heavy atom. The van der Waals surface area contributed by atoms with Crippen LogP contribution >= 0.6 is 0 Å². The molecule has 2 rings (SSSR count). The van der Waals surface area contributed by atoms with E-state index in [0.717, 1.165) is 0 Å². The van der Waals surface area contributed by atoms with Gasteiger partial charge in [-0.1, -0.05) is 54.9 Å². The lowest BCUT2D eigenvalue weighted by molar-refractivity contribution is -0.119. The number of hydrogen-bond donors (Lipinski definition) is 0. The molecule has 0 spiro atoms. The van der Waals surface area contributed by atoms with Gasteiger partial charge >= 0.3 is 0 Å². The summed E-state index contributed by atoms with van der Waals surface area (Å²) in [6.07, 6.45) is 8.11. The third kappa shape index (κ3) is 3.78. The first-order valence-corrected chi connectivity index (χ1v) is 13.4. The van der Waals surface area contributed by atoms with Crippen LogP contribution in [0.3, 0.4) is 0 Å². The summed E-state index contributed by atoms with van der Waals surface area (Å²) >= 11 is 0. The molecule has 0 heterocycles.